The van der Waals surface area contributed by atoms with E-state index in [4.69, 9.17) is 0 Å². The second-order valence-corrected chi connectivity index (χ2v) is 6.49. The first-order valence-corrected chi connectivity index (χ1v) is 7.86. The lowest BCUT2D eigenvalue weighted by Gasteiger charge is -2.26. The first kappa shape index (κ1) is 17.7. The van der Waals surface area contributed by atoms with Crippen molar-refractivity contribution in [1.29, 1.82) is 0 Å². The van der Waals surface area contributed by atoms with Crippen LogP contribution >= 0.6 is 0 Å². The van der Waals surface area contributed by atoms with Gasteiger partial charge in [0.2, 0.25) is 11.8 Å². The van der Waals surface area contributed by atoms with Gasteiger partial charge in [0.15, 0.2) is 5.78 Å². The molecule has 2 rings (SSSR count). The van der Waals surface area contributed by atoms with Gasteiger partial charge in [-0.1, -0.05) is 18.2 Å². The minimum Gasteiger partial charge on any atom is -0.361 e. The van der Waals surface area contributed by atoms with Gasteiger partial charge in [0.25, 0.3) is 0 Å². The summed E-state index contributed by atoms with van der Waals surface area (Å²) in [6.45, 7) is 6.08. The molecule has 0 spiro atoms. The van der Waals surface area contributed by atoms with Gasteiger partial charge in [-0.15, -0.1) is 0 Å². The van der Waals surface area contributed by atoms with E-state index in [1.807, 2.05) is 30.5 Å². The molecule has 0 aliphatic carbocycles. The number of ketones is 1. The van der Waals surface area contributed by atoms with E-state index in [9.17, 15) is 14.4 Å². The summed E-state index contributed by atoms with van der Waals surface area (Å²) >= 11 is 0. The van der Waals surface area contributed by atoms with Crippen molar-refractivity contribution in [2.75, 3.05) is 0 Å². The van der Waals surface area contributed by atoms with Gasteiger partial charge in [0.1, 0.15) is 6.04 Å². The number of benzene rings is 1. The average molecular weight is 329 g/mol. The van der Waals surface area contributed by atoms with E-state index in [0.717, 1.165) is 16.5 Å². The van der Waals surface area contributed by atoms with Gasteiger partial charge in [-0.05, 0) is 32.4 Å². The van der Waals surface area contributed by atoms with Crippen molar-refractivity contribution < 1.29 is 14.4 Å². The number of para-hydroxylation sites is 1. The van der Waals surface area contributed by atoms with Gasteiger partial charge in [0.05, 0.1) is 5.54 Å². The molecule has 6 heteroatoms. The van der Waals surface area contributed by atoms with Crippen LogP contribution in [0.4, 0.5) is 0 Å². The number of H-pyrrole nitrogens is 1. The standard InChI is InChI=1S/C18H23N3O3/c1-11(22)18(3,4)21-17(24)16(20-12(2)23)9-13-10-19-15-8-6-5-7-14(13)15/h5-8,10,16,19H,9H2,1-4H3,(H,20,23)(H,21,24). The van der Waals surface area contributed by atoms with Crippen molar-refractivity contribution in [3.05, 3.63) is 36.0 Å². The zero-order chi connectivity index (χ0) is 17.9. The number of carbonyl (C=O) groups excluding carboxylic acids is 3. The summed E-state index contributed by atoms with van der Waals surface area (Å²) < 4.78 is 0. The zero-order valence-corrected chi connectivity index (χ0v) is 14.4. The molecule has 1 heterocycles. The summed E-state index contributed by atoms with van der Waals surface area (Å²) in [7, 11) is 0. The molecule has 0 bridgehead atoms. The Morgan fingerprint density at radius 3 is 2.46 bits per heavy atom. The van der Waals surface area contributed by atoms with Crippen LogP contribution in [0, 0.1) is 0 Å². The number of rotatable bonds is 6. The Labute approximate surface area is 141 Å². The van der Waals surface area contributed by atoms with Gasteiger partial charge < -0.3 is 15.6 Å². The smallest absolute Gasteiger partial charge is 0.243 e. The molecule has 0 aliphatic heterocycles. The topological polar surface area (TPSA) is 91.1 Å². The molecule has 0 fully saturated rings. The molecular formula is C18H23N3O3. The molecule has 1 unspecified atom stereocenters. The minimum absolute atomic E-state index is 0.149. The van der Waals surface area contributed by atoms with Crippen LogP contribution in [0.3, 0.4) is 0 Å². The summed E-state index contributed by atoms with van der Waals surface area (Å²) in [6, 6.07) is 7.01. The maximum atomic E-state index is 12.6. The van der Waals surface area contributed by atoms with Crippen LogP contribution < -0.4 is 10.6 Å². The Hall–Kier alpha value is -2.63. The summed E-state index contributed by atoms with van der Waals surface area (Å²) in [5.74, 6) is -0.823. The molecule has 0 aliphatic rings. The predicted octanol–water partition coefficient (Wildman–Crippen LogP) is 1.70. The monoisotopic (exact) mass is 329 g/mol. The van der Waals surface area contributed by atoms with Crippen LogP contribution in [-0.2, 0) is 20.8 Å². The fraction of sp³-hybridized carbons (Fsp3) is 0.389. The van der Waals surface area contributed by atoms with Crippen LogP contribution in [0.5, 0.6) is 0 Å². The van der Waals surface area contributed by atoms with E-state index in [1.54, 1.807) is 13.8 Å². The lowest BCUT2D eigenvalue weighted by Crippen LogP contribution is -2.56. The van der Waals surface area contributed by atoms with Crippen molar-refractivity contribution in [3.63, 3.8) is 0 Å². The fourth-order valence-corrected chi connectivity index (χ4v) is 2.46. The average Bonchev–Trinajstić information content (AvgIpc) is 2.89. The fourth-order valence-electron chi connectivity index (χ4n) is 2.46. The third-order valence-corrected chi connectivity index (χ3v) is 4.11. The Bertz CT molecular complexity index is 777. The molecular weight excluding hydrogens is 306 g/mol. The van der Waals surface area contributed by atoms with Crippen molar-refractivity contribution in [3.8, 4) is 0 Å². The second kappa shape index (κ2) is 6.86. The van der Waals surface area contributed by atoms with E-state index in [0.29, 0.717) is 6.42 Å². The van der Waals surface area contributed by atoms with E-state index >= 15 is 0 Å². The van der Waals surface area contributed by atoms with Crippen LogP contribution in [0.25, 0.3) is 10.9 Å². The quantitative estimate of drug-likeness (QED) is 0.753. The summed E-state index contributed by atoms with van der Waals surface area (Å²) in [6.07, 6.45) is 2.17. The molecule has 0 saturated carbocycles. The van der Waals surface area contributed by atoms with Crippen LogP contribution in [0.2, 0.25) is 0 Å². The van der Waals surface area contributed by atoms with Crippen molar-refractivity contribution in [1.82, 2.24) is 15.6 Å². The first-order valence-electron chi connectivity index (χ1n) is 7.86. The number of hydrogen-bond acceptors (Lipinski definition) is 3. The Morgan fingerprint density at radius 2 is 1.83 bits per heavy atom. The highest BCUT2D eigenvalue weighted by atomic mass is 16.2. The van der Waals surface area contributed by atoms with Gasteiger partial charge in [-0.25, -0.2) is 0 Å². The SMILES string of the molecule is CC(=O)NC(Cc1c[nH]c2ccccc12)C(=O)NC(C)(C)C(C)=O. The molecule has 1 aromatic heterocycles. The number of nitrogens with one attached hydrogen (secondary N) is 3. The van der Waals surface area contributed by atoms with Gasteiger partial charge in [-0.2, -0.15) is 0 Å². The maximum absolute atomic E-state index is 12.6. The summed E-state index contributed by atoms with van der Waals surface area (Å²) in [4.78, 5) is 38.8. The van der Waals surface area contributed by atoms with E-state index in [-0.39, 0.29) is 17.6 Å². The van der Waals surface area contributed by atoms with E-state index in [2.05, 4.69) is 15.6 Å². The lowest BCUT2D eigenvalue weighted by molar-refractivity contribution is -0.132. The van der Waals surface area contributed by atoms with Crippen molar-refractivity contribution >= 4 is 28.5 Å². The number of Topliss-reactive ketones (excluding diaryl/α,β-unsaturated/α-hetero) is 1. The number of amides is 2. The molecule has 1 atom stereocenters. The number of fused-ring (bicyclic) bond motifs is 1. The van der Waals surface area contributed by atoms with Crippen LogP contribution in [0.15, 0.2) is 30.5 Å². The summed E-state index contributed by atoms with van der Waals surface area (Å²) in [5.41, 5.74) is 0.923. The highest BCUT2D eigenvalue weighted by Crippen LogP contribution is 2.19. The van der Waals surface area contributed by atoms with E-state index < -0.39 is 11.6 Å². The van der Waals surface area contributed by atoms with Crippen molar-refractivity contribution in [2.45, 2.75) is 45.7 Å². The second-order valence-electron chi connectivity index (χ2n) is 6.49. The molecule has 6 nitrogen and oxygen atoms in total. The third-order valence-electron chi connectivity index (χ3n) is 4.11. The normalized spacial score (nSPS) is 12.7. The number of aromatic nitrogens is 1. The molecule has 2 amide bonds. The molecule has 1 aromatic carbocycles. The molecule has 3 N–H and O–H groups in total. The summed E-state index contributed by atoms with van der Waals surface area (Å²) in [5, 5.41) is 6.38. The molecule has 0 saturated heterocycles. The lowest BCUT2D eigenvalue weighted by atomic mass is 9.98. The Kier molecular flexibility index (Phi) is 5.07. The van der Waals surface area contributed by atoms with Gasteiger partial charge in [-0.3, -0.25) is 14.4 Å². The van der Waals surface area contributed by atoms with Crippen LogP contribution in [-0.4, -0.2) is 34.2 Å². The highest BCUT2D eigenvalue weighted by Gasteiger charge is 2.30. The number of aromatic amines is 1. The van der Waals surface area contributed by atoms with E-state index in [1.165, 1.54) is 13.8 Å². The predicted molar refractivity (Wildman–Crippen MR) is 92.5 cm³/mol. The Balaban J connectivity index is 2.23. The number of hydrogen-bond donors (Lipinski definition) is 3. The Morgan fingerprint density at radius 1 is 1.17 bits per heavy atom. The van der Waals surface area contributed by atoms with Gasteiger partial charge in [0, 0.05) is 30.4 Å². The molecule has 24 heavy (non-hydrogen) atoms. The molecule has 0 radical (unpaired) electrons. The third kappa shape index (κ3) is 4.01. The highest BCUT2D eigenvalue weighted by molar-refractivity contribution is 5.94. The van der Waals surface area contributed by atoms with Crippen molar-refractivity contribution in [2.24, 2.45) is 0 Å². The van der Waals surface area contributed by atoms with Gasteiger partial charge >= 0.3 is 0 Å². The number of carbonyl (C=O) groups is 3. The first-order chi connectivity index (χ1) is 11.2. The largest absolute Gasteiger partial charge is 0.361 e. The minimum atomic E-state index is -0.978. The maximum Gasteiger partial charge on any atom is 0.243 e. The zero-order valence-electron chi connectivity index (χ0n) is 14.4. The molecule has 2 aromatic rings. The molecule has 128 valence electrons. The van der Waals surface area contributed by atoms with Crippen LogP contribution in [0.1, 0.15) is 33.3 Å².